The molecule has 0 amide bonds. The Kier molecular flexibility index (Phi) is 5.00. The van der Waals surface area contributed by atoms with Gasteiger partial charge in [0.25, 0.3) is 0 Å². The molecule has 0 saturated heterocycles. The third kappa shape index (κ3) is 4.27. The van der Waals surface area contributed by atoms with Gasteiger partial charge in [0.05, 0.1) is 6.10 Å². The molecule has 0 aliphatic rings. The lowest BCUT2D eigenvalue weighted by molar-refractivity contribution is 0.242. The molecule has 0 aromatic heterocycles. The molecule has 0 bridgehead atoms. The van der Waals surface area contributed by atoms with Crippen molar-refractivity contribution in [1.29, 1.82) is 0 Å². The Morgan fingerprint density at radius 2 is 1.50 bits per heavy atom. The molecule has 1 unspecified atom stereocenters. The first-order chi connectivity index (χ1) is 9.65. The lowest BCUT2D eigenvalue weighted by Gasteiger charge is -2.09. The molecule has 0 N–H and O–H groups in total. The van der Waals surface area contributed by atoms with E-state index in [1.807, 2.05) is 32.0 Å². The summed E-state index contributed by atoms with van der Waals surface area (Å²) in [6, 6.07) is 18.8. The maximum absolute atomic E-state index is 5.64. The van der Waals surface area contributed by atoms with Crippen LogP contribution in [0, 0.1) is 0 Å². The van der Waals surface area contributed by atoms with Gasteiger partial charge in [0.1, 0.15) is 5.75 Å². The maximum atomic E-state index is 5.64. The monoisotopic (exact) mass is 266 g/mol. The summed E-state index contributed by atoms with van der Waals surface area (Å²) in [7, 11) is 0. The van der Waals surface area contributed by atoms with Crippen molar-refractivity contribution in [2.75, 3.05) is 0 Å². The van der Waals surface area contributed by atoms with Gasteiger partial charge in [-0.1, -0.05) is 61.5 Å². The first-order valence-electron chi connectivity index (χ1n) is 7.15. The quantitative estimate of drug-likeness (QED) is 0.714. The smallest absolute Gasteiger partial charge is 0.119 e. The number of rotatable bonds is 5. The van der Waals surface area contributed by atoms with E-state index in [9.17, 15) is 0 Å². The summed E-state index contributed by atoms with van der Waals surface area (Å²) in [5, 5.41) is 0. The Hall–Kier alpha value is -2.02. The van der Waals surface area contributed by atoms with E-state index < -0.39 is 0 Å². The molecule has 2 aromatic carbocycles. The molecule has 0 aliphatic heterocycles. The van der Waals surface area contributed by atoms with Crippen LogP contribution in [0.1, 0.15) is 37.8 Å². The molecule has 0 saturated carbocycles. The van der Waals surface area contributed by atoms with Crippen molar-refractivity contribution in [3.05, 3.63) is 71.8 Å². The largest absolute Gasteiger partial charge is 0.491 e. The SMILES string of the molecule is CC(C)Oc1ccc(C=CC(C)c2ccccc2)cc1. The van der Waals surface area contributed by atoms with Crippen LogP contribution in [-0.4, -0.2) is 6.10 Å². The normalized spacial score (nSPS) is 12.8. The molecular formula is C19H22O. The Morgan fingerprint density at radius 1 is 0.850 bits per heavy atom. The second-order valence-electron chi connectivity index (χ2n) is 5.29. The minimum Gasteiger partial charge on any atom is -0.491 e. The molecule has 2 rings (SSSR count). The number of ether oxygens (including phenoxy) is 1. The first-order valence-corrected chi connectivity index (χ1v) is 7.15. The lowest BCUT2D eigenvalue weighted by atomic mass is 10.00. The number of hydrogen-bond acceptors (Lipinski definition) is 1. The van der Waals surface area contributed by atoms with E-state index in [1.54, 1.807) is 0 Å². The zero-order valence-corrected chi connectivity index (χ0v) is 12.4. The van der Waals surface area contributed by atoms with Gasteiger partial charge in [0.2, 0.25) is 0 Å². The summed E-state index contributed by atoms with van der Waals surface area (Å²) in [4.78, 5) is 0. The van der Waals surface area contributed by atoms with E-state index in [-0.39, 0.29) is 6.10 Å². The average molecular weight is 266 g/mol. The highest BCUT2D eigenvalue weighted by Crippen LogP contribution is 2.19. The summed E-state index contributed by atoms with van der Waals surface area (Å²) in [5.41, 5.74) is 2.53. The fourth-order valence-corrected chi connectivity index (χ4v) is 2.05. The van der Waals surface area contributed by atoms with Gasteiger partial charge in [-0.3, -0.25) is 0 Å². The summed E-state index contributed by atoms with van der Waals surface area (Å²) in [6.07, 6.45) is 4.61. The third-order valence-electron chi connectivity index (χ3n) is 3.15. The van der Waals surface area contributed by atoms with Crippen LogP contribution < -0.4 is 4.74 Å². The number of hydrogen-bond donors (Lipinski definition) is 0. The molecule has 0 heterocycles. The van der Waals surface area contributed by atoms with Crippen LogP contribution in [0.3, 0.4) is 0 Å². The summed E-state index contributed by atoms with van der Waals surface area (Å²) in [5.74, 6) is 1.34. The molecule has 104 valence electrons. The predicted octanol–water partition coefficient (Wildman–Crippen LogP) is 5.29. The predicted molar refractivity (Wildman–Crippen MR) is 86.1 cm³/mol. The van der Waals surface area contributed by atoms with Crippen molar-refractivity contribution in [1.82, 2.24) is 0 Å². The Labute approximate surface area is 121 Å². The molecule has 0 spiro atoms. The topological polar surface area (TPSA) is 9.23 Å². The van der Waals surface area contributed by atoms with Gasteiger partial charge in [0, 0.05) is 0 Å². The summed E-state index contributed by atoms with van der Waals surface area (Å²) >= 11 is 0. The van der Waals surface area contributed by atoms with E-state index in [4.69, 9.17) is 4.74 Å². The third-order valence-corrected chi connectivity index (χ3v) is 3.15. The standard InChI is InChI=1S/C19H22O/c1-15(2)20-19-13-11-17(12-14-19)10-9-16(3)18-7-5-4-6-8-18/h4-16H,1-3H3. The highest BCUT2D eigenvalue weighted by Gasteiger charge is 2.00. The molecule has 0 aliphatic carbocycles. The minimum absolute atomic E-state index is 0.217. The van der Waals surface area contributed by atoms with Gasteiger partial charge in [-0.15, -0.1) is 0 Å². The Bertz CT molecular complexity index is 538. The van der Waals surface area contributed by atoms with Crippen LogP contribution >= 0.6 is 0 Å². The summed E-state index contributed by atoms with van der Waals surface area (Å²) < 4.78 is 5.64. The van der Waals surface area contributed by atoms with Crippen LogP contribution in [0.25, 0.3) is 6.08 Å². The molecule has 1 atom stereocenters. The second kappa shape index (κ2) is 6.95. The van der Waals surface area contributed by atoms with E-state index in [2.05, 4.69) is 55.5 Å². The highest BCUT2D eigenvalue weighted by molar-refractivity contribution is 5.52. The summed E-state index contributed by atoms with van der Waals surface area (Å²) in [6.45, 7) is 6.28. The molecule has 0 radical (unpaired) electrons. The van der Waals surface area contributed by atoms with Gasteiger partial charge >= 0.3 is 0 Å². The molecule has 1 nitrogen and oxygen atoms in total. The van der Waals surface area contributed by atoms with Crippen LogP contribution in [0.4, 0.5) is 0 Å². The fourth-order valence-electron chi connectivity index (χ4n) is 2.05. The fraction of sp³-hybridized carbons (Fsp3) is 0.263. The zero-order chi connectivity index (χ0) is 14.4. The van der Waals surface area contributed by atoms with E-state index in [0.29, 0.717) is 5.92 Å². The van der Waals surface area contributed by atoms with Gasteiger partial charge in [-0.2, -0.15) is 0 Å². The maximum Gasteiger partial charge on any atom is 0.119 e. The van der Waals surface area contributed by atoms with Gasteiger partial charge < -0.3 is 4.74 Å². The molecule has 1 heteroatoms. The van der Waals surface area contributed by atoms with Crippen molar-refractivity contribution in [2.45, 2.75) is 32.8 Å². The van der Waals surface area contributed by atoms with Gasteiger partial charge in [0.15, 0.2) is 0 Å². The Morgan fingerprint density at radius 3 is 2.10 bits per heavy atom. The average Bonchev–Trinajstić information content (AvgIpc) is 2.46. The van der Waals surface area contributed by atoms with Crippen LogP contribution in [0.2, 0.25) is 0 Å². The van der Waals surface area contributed by atoms with Crippen LogP contribution in [0.15, 0.2) is 60.7 Å². The zero-order valence-electron chi connectivity index (χ0n) is 12.4. The molecule has 2 aromatic rings. The molecule has 20 heavy (non-hydrogen) atoms. The minimum atomic E-state index is 0.217. The van der Waals surface area contributed by atoms with Gasteiger partial charge in [-0.25, -0.2) is 0 Å². The van der Waals surface area contributed by atoms with Crippen LogP contribution in [0.5, 0.6) is 5.75 Å². The second-order valence-corrected chi connectivity index (χ2v) is 5.29. The van der Waals surface area contributed by atoms with Crippen molar-refractivity contribution < 1.29 is 4.74 Å². The van der Waals surface area contributed by atoms with E-state index in [1.165, 1.54) is 11.1 Å². The van der Waals surface area contributed by atoms with E-state index in [0.717, 1.165) is 5.75 Å². The lowest BCUT2D eigenvalue weighted by Crippen LogP contribution is -2.05. The van der Waals surface area contributed by atoms with Crippen molar-refractivity contribution in [2.24, 2.45) is 0 Å². The van der Waals surface area contributed by atoms with Crippen molar-refractivity contribution >= 4 is 6.08 Å². The number of allylic oxidation sites excluding steroid dienone is 1. The van der Waals surface area contributed by atoms with Crippen molar-refractivity contribution in [3.63, 3.8) is 0 Å². The van der Waals surface area contributed by atoms with Gasteiger partial charge in [-0.05, 0) is 43.0 Å². The highest BCUT2D eigenvalue weighted by atomic mass is 16.5. The van der Waals surface area contributed by atoms with Crippen LogP contribution in [-0.2, 0) is 0 Å². The first kappa shape index (κ1) is 14.4. The van der Waals surface area contributed by atoms with E-state index >= 15 is 0 Å². The Balaban J connectivity index is 2.01. The number of benzene rings is 2. The molecular weight excluding hydrogens is 244 g/mol. The van der Waals surface area contributed by atoms with Crippen molar-refractivity contribution in [3.8, 4) is 5.75 Å². The molecule has 0 fully saturated rings.